The standard InChI is InChI=1S/C14H21NO3/c1-5-7-8-11-12(10(4)16)9(3)15-13(11)14(17)18-6-2/h15H,5-8H2,1-4H3. The summed E-state index contributed by atoms with van der Waals surface area (Å²) in [5, 5.41) is 0. The van der Waals surface area contributed by atoms with Gasteiger partial charge in [-0.15, -0.1) is 0 Å². The van der Waals surface area contributed by atoms with Crippen LogP contribution in [0.2, 0.25) is 0 Å². The topological polar surface area (TPSA) is 59.2 Å². The Kier molecular flexibility index (Phi) is 5.13. The monoisotopic (exact) mass is 251 g/mol. The van der Waals surface area contributed by atoms with Crippen LogP contribution in [-0.4, -0.2) is 23.3 Å². The summed E-state index contributed by atoms with van der Waals surface area (Å²) in [5.41, 5.74) is 2.64. The van der Waals surface area contributed by atoms with E-state index in [1.54, 1.807) is 6.92 Å². The highest BCUT2D eigenvalue weighted by molar-refractivity contribution is 6.01. The molecular formula is C14H21NO3. The van der Waals surface area contributed by atoms with Crippen LogP contribution in [0.15, 0.2) is 0 Å². The van der Waals surface area contributed by atoms with Crippen molar-refractivity contribution in [1.29, 1.82) is 0 Å². The number of carbonyl (C=O) groups excluding carboxylic acids is 2. The summed E-state index contributed by atoms with van der Waals surface area (Å²) in [6.45, 7) is 7.53. The molecule has 0 fully saturated rings. The summed E-state index contributed by atoms with van der Waals surface area (Å²) in [4.78, 5) is 26.5. The van der Waals surface area contributed by atoms with Gasteiger partial charge in [0.15, 0.2) is 5.78 Å². The summed E-state index contributed by atoms with van der Waals surface area (Å²) >= 11 is 0. The van der Waals surface area contributed by atoms with E-state index >= 15 is 0 Å². The zero-order chi connectivity index (χ0) is 13.7. The normalized spacial score (nSPS) is 10.4. The molecule has 0 amide bonds. The molecule has 1 heterocycles. The number of hydrogen-bond acceptors (Lipinski definition) is 3. The van der Waals surface area contributed by atoms with Gasteiger partial charge in [0.2, 0.25) is 0 Å². The summed E-state index contributed by atoms with van der Waals surface area (Å²) < 4.78 is 5.02. The molecule has 1 aromatic rings. The van der Waals surface area contributed by atoms with Crippen LogP contribution in [0.3, 0.4) is 0 Å². The minimum atomic E-state index is -0.376. The molecule has 0 aromatic carbocycles. The SMILES string of the molecule is CCCCc1c(C(=O)OCC)[nH]c(C)c1C(C)=O. The molecule has 0 saturated heterocycles. The first-order valence-corrected chi connectivity index (χ1v) is 6.42. The summed E-state index contributed by atoms with van der Waals surface area (Å²) in [6, 6.07) is 0. The highest BCUT2D eigenvalue weighted by Gasteiger charge is 2.22. The number of carbonyl (C=O) groups is 2. The maximum atomic E-state index is 11.9. The number of nitrogens with one attached hydrogen (secondary N) is 1. The van der Waals surface area contributed by atoms with Crippen molar-refractivity contribution in [1.82, 2.24) is 4.98 Å². The first kappa shape index (κ1) is 14.5. The highest BCUT2D eigenvalue weighted by Crippen LogP contribution is 2.22. The van der Waals surface area contributed by atoms with Gasteiger partial charge in [0, 0.05) is 11.3 Å². The average Bonchev–Trinajstić information content (AvgIpc) is 2.63. The third kappa shape index (κ3) is 3.00. The number of ketones is 1. The smallest absolute Gasteiger partial charge is 0.355 e. The molecule has 1 N–H and O–H groups in total. The lowest BCUT2D eigenvalue weighted by molar-refractivity contribution is 0.0518. The molecule has 0 unspecified atom stereocenters. The summed E-state index contributed by atoms with van der Waals surface area (Å²) in [5.74, 6) is -0.385. The first-order valence-electron chi connectivity index (χ1n) is 6.42. The predicted octanol–water partition coefficient (Wildman–Crippen LogP) is 3.05. The van der Waals surface area contributed by atoms with Crippen molar-refractivity contribution in [2.75, 3.05) is 6.61 Å². The number of aryl methyl sites for hydroxylation is 1. The molecule has 4 nitrogen and oxygen atoms in total. The van der Waals surface area contributed by atoms with Crippen LogP contribution in [0, 0.1) is 6.92 Å². The van der Waals surface area contributed by atoms with E-state index in [0.29, 0.717) is 17.9 Å². The molecule has 100 valence electrons. The zero-order valence-corrected chi connectivity index (χ0v) is 11.6. The molecule has 1 rings (SSSR count). The fraction of sp³-hybridized carbons (Fsp3) is 0.571. The van der Waals surface area contributed by atoms with Crippen molar-refractivity contribution in [3.63, 3.8) is 0 Å². The molecule has 0 aliphatic rings. The Morgan fingerprint density at radius 2 is 1.94 bits per heavy atom. The number of hydrogen-bond donors (Lipinski definition) is 1. The van der Waals surface area contributed by atoms with Crippen molar-refractivity contribution in [3.8, 4) is 0 Å². The number of aromatic amines is 1. The van der Waals surface area contributed by atoms with Crippen LogP contribution in [0.5, 0.6) is 0 Å². The fourth-order valence-corrected chi connectivity index (χ4v) is 2.13. The molecule has 0 aliphatic heterocycles. The highest BCUT2D eigenvalue weighted by atomic mass is 16.5. The molecule has 0 atom stereocenters. The van der Waals surface area contributed by atoms with Crippen molar-refractivity contribution in [3.05, 3.63) is 22.5 Å². The van der Waals surface area contributed by atoms with Crippen molar-refractivity contribution in [2.45, 2.75) is 47.0 Å². The molecular weight excluding hydrogens is 230 g/mol. The summed E-state index contributed by atoms with van der Waals surface area (Å²) in [7, 11) is 0. The van der Waals surface area contributed by atoms with Gasteiger partial charge in [-0.3, -0.25) is 4.79 Å². The molecule has 0 spiro atoms. The van der Waals surface area contributed by atoms with E-state index in [1.165, 1.54) is 6.92 Å². The van der Waals surface area contributed by atoms with Gasteiger partial charge in [-0.1, -0.05) is 13.3 Å². The number of Topliss-reactive ketones (excluding diaryl/α,β-unsaturated/α-hetero) is 1. The molecule has 0 bridgehead atoms. The second-order valence-electron chi connectivity index (χ2n) is 4.36. The third-order valence-corrected chi connectivity index (χ3v) is 2.90. The Bertz CT molecular complexity index is 446. The van der Waals surface area contributed by atoms with Crippen molar-refractivity contribution < 1.29 is 14.3 Å². The number of ether oxygens (including phenoxy) is 1. The largest absolute Gasteiger partial charge is 0.461 e. The van der Waals surface area contributed by atoms with Gasteiger partial charge in [0.05, 0.1) is 6.61 Å². The quantitative estimate of drug-likeness (QED) is 0.624. The van der Waals surface area contributed by atoms with Crippen molar-refractivity contribution >= 4 is 11.8 Å². The van der Waals surface area contributed by atoms with Gasteiger partial charge in [0.25, 0.3) is 0 Å². The number of esters is 1. The average molecular weight is 251 g/mol. The van der Waals surface area contributed by atoms with E-state index in [2.05, 4.69) is 11.9 Å². The lowest BCUT2D eigenvalue weighted by Gasteiger charge is -2.05. The van der Waals surface area contributed by atoms with E-state index < -0.39 is 0 Å². The molecule has 0 radical (unpaired) electrons. The Morgan fingerprint density at radius 3 is 2.44 bits per heavy atom. The lowest BCUT2D eigenvalue weighted by Crippen LogP contribution is -2.09. The minimum Gasteiger partial charge on any atom is -0.461 e. The number of unbranched alkanes of at least 4 members (excludes halogenated alkanes) is 1. The number of H-pyrrole nitrogens is 1. The van der Waals surface area contributed by atoms with E-state index in [-0.39, 0.29) is 11.8 Å². The van der Waals surface area contributed by atoms with Gasteiger partial charge in [-0.2, -0.15) is 0 Å². The second-order valence-corrected chi connectivity index (χ2v) is 4.36. The van der Waals surface area contributed by atoms with Gasteiger partial charge in [-0.05, 0) is 39.2 Å². The Balaban J connectivity index is 3.20. The van der Waals surface area contributed by atoms with E-state index in [0.717, 1.165) is 30.5 Å². The lowest BCUT2D eigenvalue weighted by atomic mass is 10.00. The maximum absolute atomic E-state index is 11.9. The molecule has 0 aliphatic carbocycles. The van der Waals surface area contributed by atoms with Crippen LogP contribution in [-0.2, 0) is 11.2 Å². The Hall–Kier alpha value is -1.58. The van der Waals surface area contributed by atoms with Gasteiger partial charge < -0.3 is 9.72 Å². The Morgan fingerprint density at radius 1 is 1.28 bits per heavy atom. The molecule has 4 heteroatoms. The van der Waals surface area contributed by atoms with Gasteiger partial charge >= 0.3 is 5.97 Å². The van der Waals surface area contributed by atoms with Crippen LogP contribution in [0.25, 0.3) is 0 Å². The fourth-order valence-electron chi connectivity index (χ4n) is 2.13. The zero-order valence-electron chi connectivity index (χ0n) is 11.6. The van der Waals surface area contributed by atoms with Crippen LogP contribution < -0.4 is 0 Å². The van der Waals surface area contributed by atoms with Crippen molar-refractivity contribution in [2.24, 2.45) is 0 Å². The molecule has 1 aromatic heterocycles. The molecule has 18 heavy (non-hydrogen) atoms. The molecule has 0 saturated carbocycles. The number of aromatic nitrogens is 1. The van der Waals surface area contributed by atoms with Crippen LogP contribution in [0.1, 0.15) is 65.7 Å². The minimum absolute atomic E-state index is 0.00889. The van der Waals surface area contributed by atoms with E-state index in [1.807, 2.05) is 6.92 Å². The van der Waals surface area contributed by atoms with E-state index in [4.69, 9.17) is 4.74 Å². The van der Waals surface area contributed by atoms with Gasteiger partial charge in [-0.25, -0.2) is 4.79 Å². The first-order chi connectivity index (χ1) is 8.52. The maximum Gasteiger partial charge on any atom is 0.355 e. The van der Waals surface area contributed by atoms with Crippen LogP contribution >= 0.6 is 0 Å². The number of rotatable bonds is 6. The third-order valence-electron chi connectivity index (χ3n) is 2.90. The second kappa shape index (κ2) is 6.38. The van der Waals surface area contributed by atoms with Crippen LogP contribution in [0.4, 0.5) is 0 Å². The Labute approximate surface area is 108 Å². The predicted molar refractivity (Wildman–Crippen MR) is 70.1 cm³/mol. The van der Waals surface area contributed by atoms with Gasteiger partial charge in [0.1, 0.15) is 5.69 Å². The summed E-state index contributed by atoms with van der Waals surface area (Å²) in [6.07, 6.45) is 2.69. The van der Waals surface area contributed by atoms with E-state index in [9.17, 15) is 9.59 Å².